The Bertz CT molecular complexity index is 616. The molecule has 2 heterocycles. The molecule has 0 amide bonds. The first kappa shape index (κ1) is 12.4. The summed E-state index contributed by atoms with van der Waals surface area (Å²) in [5, 5.41) is 0. The molecule has 1 aliphatic rings. The van der Waals surface area contributed by atoms with E-state index < -0.39 is 0 Å². The van der Waals surface area contributed by atoms with Gasteiger partial charge in [0.25, 0.3) is 0 Å². The molecule has 1 aromatic heterocycles. The van der Waals surface area contributed by atoms with E-state index in [1.54, 1.807) is 4.57 Å². The van der Waals surface area contributed by atoms with Crippen molar-refractivity contribution in [3.05, 3.63) is 34.8 Å². The largest absolute Gasteiger partial charge is 0.419 e. The summed E-state index contributed by atoms with van der Waals surface area (Å²) in [4.78, 5) is 14.2. The fraction of sp³-hybridized carbons (Fsp3) is 0.500. The average Bonchev–Trinajstić information content (AvgIpc) is 2.72. The second-order valence-electron chi connectivity index (χ2n) is 5.19. The molecule has 1 aliphatic heterocycles. The van der Waals surface area contributed by atoms with Crippen molar-refractivity contribution in [3.8, 4) is 0 Å². The van der Waals surface area contributed by atoms with Gasteiger partial charge in [-0.15, -0.1) is 0 Å². The molecule has 2 N–H and O–H groups in total. The van der Waals surface area contributed by atoms with E-state index in [-0.39, 0.29) is 11.8 Å². The van der Waals surface area contributed by atoms with Gasteiger partial charge in [-0.1, -0.05) is 12.1 Å². The third kappa shape index (κ3) is 2.57. The molecular weight excluding hydrogens is 242 g/mol. The number of benzene rings is 1. The van der Waals surface area contributed by atoms with Crippen LogP contribution in [-0.4, -0.2) is 35.1 Å². The molecule has 5 nitrogen and oxygen atoms in total. The summed E-state index contributed by atoms with van der Waals surface area (Å²) >= 11 is 0. The summed E-state index contributed by atoms with van der Waals surface area (Å²) in [5.41, 5.74) is 7.49. The number of piperidine rings is 1. The molecule has 0 radical (unpaired) electrons. The van der Waals surface area contributed by atoms with Gasteiger partial charge in [0.2, 0.25) is 0 Å². The lowest BCUT2D eigenvalue weighted by Gasteiger charge is -2.30. The number of hydrogen-bond acceptors (Lipinski definition) is 4. The first-order valence-corrected chi connectivity index (χ1v) is 6.80. The van der Waals surface area contributed by atoms with Crippen molar-refractivity contribution < 1.29 is 4.42 Å². The van der Waals surface area contributed by atoms with E-state index in [0.29, 0.717) is 12.1 Å². The Kier molecular flexibility index (Phi) is 3.40. The minimum Gasteiger partial charge on any atom is -0.408 e. The van der Waals surface area contributed by atoms with Crippen molar-refractivity contribution in [1.82, 2.24) is 9.47 Å². The van der Waals surface area contributed by atoms with E-state index in [1.165, 1.54) is 0 Å². The Hall–Kier alpha value is -1.59. The first-order valence-electron chi connectivity index (χ1n) is 6.80. The molecule has 1 aromatic carbocycles. The summed E-state index contributed by atoms with van der Waals surface area (Å²) in [6.07, 6.45) is 2.24. The zero-order valence-electron chi connectivity index (χ0n) is 10.9. The van der Waals surface area contributed by atoms with Gasteiger partial charge in [-0.3, -0.25) is 4.57 Å². The second-order valence-corrected chi connectivity index (χ2v) is 5.19. The highest BCUT2D eigenvalue weighted by Crippen LogP contribution is 2.12. The molecule has 1 saturated heterocycles. The minimum absolute atomic E-state index is 0.270. The number of fused-ring (bicyclic) bond motifs is 1. The molecular formula is C14H19N3O2. The molecule has 19 heavy (non-hydrogen) atoms. The van der Waals surface area contributed by atoms with Gasteiger partial charge in [0.1, 0.15) is 0 Å². The maximum atomic E-state index is 11.8. The zero-order valence-corrected chi connectivity index (χ0v) is 10.9. The SMILES string of the molecule is NC1CCCN(CCn2c(=O)oc3ccccc32)C1. The Labute approximate surface area is 111 Å². The molecule has 0 saturated carbocycles. The Balaban J connectivity index is 1.75. The van der Waals surface area contributed by atoms with Crippen LogP contribution in [0.2, 0.25) is 0 Å². The zero-order chi connectivity index (χ0) is 13.2. The van der Waals surface area contributed by atoms with Crippen LogP contribution in [0.15, 0.2) is 33.5 Å². The number of aromatic nitrogens is 1. The molecule has 102 valence electrons. The van der Waals surface area contributed by atoms with Crippen LogP contribution in [-0.2, 0) is 6.54 Å². The molecule has 0 spiro atoms. The number of hydrogen-bond donors (Lipinski definition) is 1. The fourth-order valence-corrected chi connectivity index (χ4v) is 2.76. The highest BCUT2D eigenvalue weighted by Gasteiger charge is 2.17. The Morgan fingerprint density at radius 2 is 2.16 bits per heavy atom. The van der Waals surface area contributed by atoms with E-state index in [1.807, 2.05) is 24.3 Å². The fourth-order valence-electron chi connectivity index (χ4n) is 2.76. The lowest BCUT2D eigenvalue weighted by atomic mass is 10.1. The molecule has 5 heteroatoms. The molecule has 1 fully saturated rings. The van der Waals surface area contributed by atoms with E-state index in [9.17, 15) is 4.79 Å². The highest BCUT2D eigenvalue weighted by atomic mass is 16.4. The van der Waals surface area contributed by atoms with Crippen LogP contribution in [0.5, 0.6) is 0 Å². The van der Waals surface area contributed by atoms with Crippen LogP contribution in [0.1, 0.15) is 12.8 Å². The van der Waals surface area contributed by atoms with Crippen LogP contribution in [0.3, 0.4) is 0 Å². The number of rotatable bonds is 3. The lowest BCUT2D eigenvalue weighted by Crippen LogP contribution is -2.44. The predicted molar refractivity (Wildman–Crippen MR) is 74.1 cm³/mol. The molecule has 2 aromatic rings. The van der Waals surface area contributed by atoms with Gasteiger partial charge in [0.15, 0.2) is 5.58 Å². The lowest BCUT2D eigenvalue weighted by molar-refractivity contribution is 0.201. The van der Waals surface area contributed by atoms with Crippen LogP contribution in [0.4, 0.5) is 0 Å². The smallest absolute Gasteiger partial charge is 0.408 e. The summed E-state index contributed by atoms with van der Waals surface area (Å²) in [6.45, 7) is 3.49. The van der Waals surface area contributed by atoms with Crippen LogP contribution >= 0.6 is 0 Å². The molecule has 1 unspecified atom stereocenters. The van der Waals surface area contributed by atoms with Crippen LogP contribution in [0.25, 0.3) is 11.1 Å². The van der Waals surface area contributed by atoms with Gasteiger partial charge in [-0.25, -0.2) is 4.79 Å². The maximum Gasteiger partial charge on any atom is 0.419 e. The third-order valence-electron chi connectivity index (χ3n) is 3.76. The van der Waals surface area contributed by atoms with Crippen molar-refractivity contribution >= 4 is 11.1 Å². The quantitative estimate of drug-likeness (QED) is 0.896. The molecule has 1 atom stereocenters. The first-order chi connectivity index (χ1) is 9.24. The Morgan fingerprint density at radius 1 is 1.32 bits per heavy atom. The van der Waals surface area contributed by atoms with Gasteiger partial charge >= 0.3 is 5.76 Å². The number of likely N-dealkylation sites (tertiary alicyclic amines) is 1. The number of nitrogens with two attached hydrogens (primary N) is 1. The van der Waals surface area contributed by atoms with Crippen molar-refractivity contribution in [3.63, 3.8) is 0 Å². The monoisotopic (exact) mass is 261 g/mol. The predicted octanol–water partition coefficient (Wildman–Crippen LogP) is 1.02. The minimum atomic E-state index is -0.275. The van der Waals surface area contributed by atoms with E-state index in [4.69, 9.17) is 10.2 Å². The summed E-state index contributed by atoms with van der Waals surface area (Å²) < 4.78 is 6.93. The van der Waals surface area contributed by atoms with Crippen LogP contribution in [0, 0.1) is 0 Å². The maximum absolute atomic E-state index is 11.8. The van der Waals surface area contributed by atoms with Crippen molar-refractivity contribution in [2.45, 2.75) is 25.4 Å². The highest BCUT2D eigenvalue weighted by molar-refractivity contribution is 5.72. The van der Waals surface area contributed by atoms with Gasteiger partial charge in [-0.05, 0) is 31.5 Å². The van der Waals surface area contributed by atoms with Crippen molar-refractivity contribution in [1.29, 1.82) is 0 Å². The Morgan fingerprint density at radius 3 is 3.00 bits per heavy atom. The summed E-state index contributed by atoms with van der Waals surface area (Å²) in [7, 11) is 0. The molecule has 0 aliphatic carbocycles. The number of oxazole rings is 1. The van der Waals surface area contributed by atoms with Gasteiger partial charge in [0.05, 0.1) is 5.52 Å². The van der Waals surface area contributed by atoms with Crippen LogP contribution < -0.4 is 11.5 Å². The van der Waals surface area contributed by atoms with Gasteiger partial charge < -0.3 is 15.1 Å². The van der Waals surface area contributed by atoms with E-state index in [0.717, 1.165) is 38.0 Å². The summed E-state index contributed by atoms with van der Waals surface area (Å²) in [5.74, 6) is -0.275. The normalized spacial score (nSPS) is 21.0. The van der Waals surface area contributed by atoms with Gasteiger partial charge in [-0.2, -0.15) is 0 Å². The standard InChI is InChI=1S/C14H19N3O2/c15-11-4-3-7-16(10-11)8-9-17-12-5-1-2-6-13(12)19-14(17)18/h1-2,5-6,11H,3-4,7-10,15H2. The number of para-hydroxylation sites is 2. The topological polar surface area (TPSA) is 64.4 Å². The second kappa shape index (κ2) is 5.19. The number of nitrogens with zero attached hydrogens (tertiary/aromatic N) is 2. The van der Waals surface area contributed by atoms with E-state index in [2.05, 4.69) is 4.90 Å². The average molecular weight is 261 g/mol. The molecule has 0 bridgehead atoms. The third-order valence-corrected chi connectivity index (χ3v) is 3.76. The van der Waals surface area contributed by atoms with Gasteiger partial charge in [0, 0.05) is 25.7 Å². The van der Waals surface area contributed by atoms with Crippen molar-refractivity contribution in [2.24, 2.45) is 5.73 Å². The van der Waals surface area contributed by atoms with Crippen molar-refractivity contribution in [2.75, 3.05) is 19.6 Å². The molecule has 3 rings (SSSR count). The van der Waals surface area contributed by atoms with E-state index >= 15 is 0 Å². The summed E-state index contributed by atoms with van der Waals surface area (Å²) in [6, 6.07) is 7.81.